The maximum absolute atomic E-state index is 12.0. The number of sulfonamides is 1. The molecule has 0 aliphatic heterocycles. The quantitative estimate of drug-likeness (QED) is 0.778. The number of rotatable bonds is 5. The van der Waals surface area contributed by atoms with E-state index in [1.165, 1.54) is 0 Å². The molecule has 20 heavy (non-hydrogen) atoms. The van der Waals surface area contributed by atoms with E-state index in [0.29, 0.717) is 0 Å². The average molecular weight is 294 g/mol. The van der Waals surface area contributed by atoms with Crippen LogP contribution in [-0.2, 0) is 16.6 Å². The molecule has 0 amide bonds. The molecule has 0 spiro atoms. The maximum Gasteiger partial charge on any atom is 0.352 e. The van der Waals surface area contributed by atoms with Crippen molar-refractivity contribution in [2.24, 2.45) is 0 Å². The van der Waals surface area contributed by atoms with E-state index in [0.717, 1.165) is 23.4 Å². The van der Waals surface area contributed by atoms with Gasteiger partial charge in [-0.3, -0.25) is 0 Å². The number of H-pyrrole nitrogens is 1. The van der Waals surface area contributed by atoms with Gasteiger partial charge in [0.25, 0.3) is 0 Å². The Morgan fingerprint density at radius 2 is 1.95 bits per heavy atom. The summed E-state index contributed by atoms with van der Waals surface area (Å²) in [5, 5.41) is 8.75. The highest BCUT2D eigenvalue weighted by Crippen LogP contribution is 2.11. The van der Waals surface area contributed by atoms with E-state index < -0.39 is 16.0 Å². The third-order valence-electron chi connectivity index (χ3n) is 2.78. The van der Waals surface area contributed by atoms with Crippen LogP contribution in [-0.4, -0.2) is 24.5 Å². The Bertz CT molecular complexity index is 717. The Morgan fingerprint density at radius 1 is 1.30 bits per heavy atom. The van der Waals surface area contributed by atoms with Crippen molar-refractivity contribution in [1.29, 1.82) is 0 Å². The normalized spacial score (nSPS) is 11.4. The van der Waals surface area contributed by atoms with Crippen LogP contribution in [0.25, 0.3) is 0 Å². The van der Waals surface area contributed by atoms with Crippen LogP contribution in [0.1, 0.15) is 21.6 Å². The number of aromatic nitrogens is 1. The average Bonchev–Trinajstić information content (AvgIpc) is 2.89. The highest BCUT2D eigenvalue weighted by Gasteiger charge is 2.17. The van der Waals surface area contributed by atoms with Gasteiger partial charge in [0.2, 0.25) is 10.0 Å². The first-order valence-electron chi connectivity index (χ1n) is 5.85. The van der Waals surface area contributed by atoms with Crippen LogP contribution in [0.4, 0.5) is 0 Å². The SMILES string of the molecule is Cc1ccc(CNS(=O)(=O)c2c[nH]c(C(=O)O)c2)cc1. The topological polar surface area (TPSA) is 99.3 Å². The molecule has 0 aliphatic carbocycles. The largest absolute Gasteiger partial charge is 0.477 e. The molecule has 2 rings (SSSR count). The number of carbonyl (C=O) groups is 1. The first kappa shape index (κ1) is 14.3. The minimum atomic E-state index is -3.73. The summed E-state index contributed by atoms with van der Waals surface area (Å²) in [5.41, 5.74) is 1.75. The number of aromatic carboxylic acids is 1. The monoisotopic (exact) mass is 294 g/mol. The van der Waals surface area contributed by atoms with Gasteiger partial charge in [-0.05, 0) is 18.6 Å². The van der Waals surface area contributed by atoms with Gasteiger partial charge in [-0.1, -0.05) is 29.8 Å². The number of aryl methyl sites for hydroxylation is 1. The number of aromatic amines is 1. The second-order valence-electron chi connectivity index (χ2n) is 4.36. The molecular weight excluding hydrogens is 280 g/mol. The molecule has 6 nitrogen and oxygen atoms in total. The van der Waals surface area contributed by atoms with E-state index in [4.69, 9.17) is 5.11 Å². The van der Waals surface area contributed by atoms with Crippen LogP contribution in [0.2, 0.25) is 0 Å². The molecule has 7 heteroatoms. The fourth-order valence-corrected chi connectivity index (χ4v) is 2.63. The highest BCUT2D eigenvalue weighted by atomic mass is 32.2. The summed E-state index contributed by atoms with van der Waals surface area (Å²) in [4.78, 5) is 13.0. The van der Waals surface area contributed by atoms with E-state index >= 15 is 0 Å². The van der Waals surface area contributed by atoms with Crippen LogP contribution in [0.15, 0.2) is 41.4 Å². The zero-order valence-electron chi connectivity index (χ0n) is 10.8. The molecule has 1 aromatic carbocycles. The molecule has 0 saturated heterocycles. The summed E-state index contributed by atoms with van der Waals surface area (Å²) >= 11 is 0. The Labute approximate surface area is 116 Å². The first-order chi connectivity index (χ1) is 9.38. The zero-order chi connectivity index (χ0) is 14.8. The second kappa shape index (κ2) is 5.48. The Kier molecular flexibility index (Phi) is 3.91. The number of hydrogen-bond acceptors (Lipinski definition) is 3. The predicted octanol–water partition coefficient (Wildman–Crippen LogP) is 1.50. The predicted molar refractivity (Wildman–Crippen MR) is 73.0 cm³/mol. The van der Waals surface area contributed by atoms with Crippen LogP contribution in [0.3, 0.4) is 0 Å². The molecule has 0 aliphatic rings. The number of carboxylic acid groups (broad SMARTS) is 1. The van der Waals surface area contributed by atoms with Crippen LogP contribution < -0.4 is 4.72 Å². The van der Waals surface area contributed by atoms with Crippen LogP contribution >= 0.6 is 0 Å². The molecule has 0 saturated carbocycles. The summed E-state index contributed by atoms with van der Waals surface area (Å²) in [6.07, 6.45) is 1.15. The molecule has 0 unspecified atom stereocenters. The van der Waals surface area contributed by atoms with Crippen molar-refractivity contribution < 1.29 is 18.3 Å². The maximum atomic E-state index is 12.0. The summed E-state index contributed by atoms with van der Waals surface area (Å²) in [5.74, 6) is -1.20. The Morgan fingerprint density at radius 3 is 2.50 bits per heavy atom. The lowest BCUT2D eigenvalue weighted by Gasteiger charge is -2.05. The molecule has 0 radical (unpaired) electrons. The van der Waals surface area contributed by atoms with Crippen molar-refractivity contribution in [2.75, 3.05) is 0 Å². The van der Waals surface area contributed by atoms with Crippen LogP contribution in [0.5, 0.6) is 0 Å². The minimum absolute atomic E-state index is 0.0954. The van der Waals surface area contributed by atoms with Gasteiger partial charge in [0.05, 0.1) is 0 Å². The summed E-state index contributed by atoms with van der Waals surface area (Å²) in [6.45, 7) is 2.09. The molecule has 1 aromatic heterocycles. The third-order valence-corrected chi connectivity index (χ3v) is 4.16. The highest BCUT2D eigenvalue weighted by molar-refractivity contribution is 7.89. The number of carboxylic acids is 1. The standard InChI is InChI=1S/C13H14N2O4S/c1-9-2-4-10(5-3-9)7-15-20(18,19)11-6-12(13(16)17)14-8-11/h2-6,8,14-15H,7H2,1H3,(H,16,17). The Balaban J connectivity index is 2.10. The van der Waals surface area contributed by atoms with Gasteiger partial charge >= 0.3 is 5.97 Å². The summed E-state index contributed by atoms with van der Waals surface area (Å²) in [7, 11) is -3.73. The lowest BCUT2D eigenvalue weighted by atomic mass is 10.2. The third kappa shape index (κ3) is 3.25. The molecular formula is C13H14N2O4S. The van der Waals surface area contributed by atoms with Gasteiger partial charge in [0.15, 0.2) is 0 Å². The van der Waals surface area contributed by atoms with E-state index in [1.807, 2.05) is 31.2 Å². The van der Waals surface area contributed by atoms with Gasteiger partial charge in [-0.25, -0.2) is 17.9 Å². The summed E-state index contributed by atoms with van der Waals surface area (Å²) < 4.78 is 26.4. The van der Waals surface area contributed by atoms with Crippen molar-refractivity contribution in [3.8, 4) is 0 Å². The molecule has 0 bridgehead atoms. The summed E-state index contributed by atoms with van der Waals surface area (Å²) in [6, 6.07) is 8.53. The van der Waals surface area contributed by atoms with E-state index in [9.17, 15) is 13.2 Å². The Hall–Kier alpha value is -2.12. The van der Waals surface area contributed by atoms with Gasteiger partial charge in [-0.2, -0.15) is 0 Å². The van der Waals surface area contributed by atoms with Gasteiger partial charge in [-0.15, -0.1) is 0 Å². The van der Waals surface area contributed by atoms with E-state index in [2.05, 4.69) is 9.71 Å². The minimum Gasteiger partial charge on any atom is -0.477 e. The molecule has 0 fully saturated rings. The van der Waals surface area contributed by atoms with Gasteiger partial charge < -0.3 is 10.1 Å². The van der Waals surface area contributed by atoms with Crippen LogP contribution in [0, 0.1) is 6.92 Å². The fourth-order valence-electron chi connectivity index (χ4n) is 1.62. The lowest BCUT2D eigenvalue weighted by molar-refractivity contribution is 0.0691. The van der Waals surface area contributed by atoms with Crippen molar-refractivity contribution >= 4 is 16.0 Å². The first-order valence-corrected chi connectivity index (χ1v) is 7.34. The van der Waals surface area contributed by atoms with E-state index in [1.54, 1.807) is 0 Å². The number of hydrogen-bond donors (Lipinski definition) is 3. The lowest BCUT2D eigenvalue weighted by Crippen LogP contribution is -2.22. The molecule has 1 heterocycles. The molecule has 3 N–H and O–H groups in total. The number of benzene rings is 1. The van der Waals surface area contributed by atoms with Crippen molar-refractivity contribution in [2.45, 2.75) is 18.4 Å². The molecule has 2 aromatic rings. The van der Waals surface area contributed by atoms with Gasteiger partial charge in [0.1, 0.15) is 10.6 Å². The zero-order valence-corrected chi connectivity index (χ0v) is 11.6. The van der Waals surface area contributed by atoms with E-state index in [-0.39, 0.29) is 17.1 Å². The molecule has 0 atom stereocenters. The fraction of sp³-hybridized carbons (Fsp3) is 0.154. The molecule has 106 valence electrons. The smallest absolute Gasteiger partial charge is 0.352 e. The second-order valence-corrected chi connectivity index (χ2v) is 6.13. The van der Waals surface area contributed by atoms with Gasteiger partial charge in [0, 0.05) is 12.7 Å². The van der Waals surface area contributed by atoms with Crippen molar-refractivity contribution in [3.05, 3.63) is 53.3 Å². The van der Waals surface area contributed by atoms with Crippen molar-refractivity contribution in [3.63, 3.8) is 0 Å². The number of nitrogens with one attached hydrogen (secondary N) is 2. The van der Waals surface area contributed by atoms with Crippen molar-refractivity contribution in [1.82, 2.24) is 9.71 Å².